The van der Waals surface area contributed by atoms with Gasteiger partial charge < -0.3 is 10.6 Å². The average molecular weight is 340 g/mol. The summed E-state index contributed by atoms with van der Waals surface area (Å²) in [5.41, 5.74) is 0.611. The van der Waals surface area contributed by atoms with E-state index in [0.29, 0.717) is 17.4 Å². The van der Waals surface area contributed by atoms with Gasteiger partial charge in [-0.05, 0) is 60.5 Å². The predicted molar refractivity (Wildman–Crippen MR) is 85.0 cm³/mol. The number of aromatic nitrogens is 1. The molecule has 1 aromatic rings. The number of carbonyl (C=O) groups is 1. The molecule has 0 aromatic carbocycles. The van der Waals surface area contributed by atoms with E-state index in [2.05, 4.69) is 38.5 Å². The fraction of sp³-hybridized carbons (Fsp3) is 0.600. The zero-order chi connectivity index (χ0) is 14.5. The zero-order valence-corrected chi connectivity index (χ0v) is 13.7. The molecule has 0 radical (unpaired) electrons. The number of amides is 1. The van der Waals surface area contributed by atoms with Crippen LogP contribution in [0, 0.1) is 5.92 Å². The third-order valence-electron chi connectivity index (χ3n) is 3.79. The molecular weight excluding hydrogens is 318 g/mol. The second kappa shape index (κ2) is 7.07. The van der Waals surface area contributed by atoms with Crippen molar-refractivity contribution < 1.29 is 4.79 Å². The summed E-state index contributed by atoms with van der Waals surface area (Å²) in [6, 6.07) is 2.12. The van der Waals surface area contributed by atoms with Crippen LogP contribution in [0.5, 0.6) is 0 Å². The number of halogens is 1. The Morgan fingerprint density at radius 1 is 1.40 bits per heavy atom. The van der Waals surface area contributed by atoms with Crippen molar-refractivity contribution in [2.24, 2.45) is 5.92 Å². The predicted octanol–water partition coefficient (Wildman–Crippen LogP) is 3.58. The first kappa shape index (κ1) is 15.3. The molecule has 0 spiro atoms. The molecule has 4 nitrogen and oxygen atoms in total. The number of hydrogen-bond donors (Lipinski definition) is 2. The van der Waals surface area contributed by atoms with Crippen LogP contribution in [0.1, 0.15) is 49.9 Å². The van der Waals surface area contributed by atoms with E-state index in [0.717, 1.165) is 29.8 Å². The lowest BCUT2D eigenvalue weighted by Crippen LogP contribution is -2.37. The van der Waals surface area contributed by atoms with E-state index in [1.54, 1.807) is 6.20 Å². The number of nitrogens with one attached hydrogen (secondary N) is 2. The van der Waals surface area contributed by atoms with Gasteiger partial charge in [0.15, 0.2) is 0 Å². The van der Waals surface area contributed by atoms with Gasteiger partial charge in [0.25, 0.3) is 5.91 Å². The molecule has 20 heavy (non-hydrogen) atoms. The first-order valence-electron chi connectivity index (χ1n) is 7.30. The number of nitrogens with zero attached hydrogens (tertiary/aromatic N) is 1. The number of anilines is 1. The van der Waals surface area contributed by atoms with Crippen LogP contribution in [0.4, 0.5) is 5.82 Å². The molecule has 1 aliphatic rings. The fourth-order valence-corrected chi connectivity index (χ4v) is 2.92. The minimum Gasteiger partial charge on any atom is -0.370 e. The maximum atomic E-state index is 12.4. The maximum Gasteiger partial charge on any atom is 0.255 e. The molecule has 110 valence electrons. The van der Waals surface area contributed by atoms with Crippen molar-refractivity contribution in [1.82, 2.24) is 10.3 Å². The molecule has 2 rings (SSSR count). The lowest BCUT2D eigenvalue weighted by Gasteiger charge is -2.27. The van der Waals surface area contributed by atoms with E-state index in [1.165, 1.54) is 12.8 Å². The topological polar surface area (TPSA) is 54.0 Å². The van der Waals surface area contributed by atoms with E-state index >= 15 is 0 Å². The highest BCUT2D eigenvalue weighted by atomic mass is 79.9. The van der Waals surface area contributed by atoms with Crippen LogP contribution in [0.25, 0.3) is 0 Å². The van der Waals surface area contributed by atoms with Crippen LogP contribution in [-0.4, -0.2) is 23.5 Å². The van der Waals surface area contributed by atoms with Gasteiger partial charge in [0.1, 0.15) is 5.82 Å². The summed E-state index contributed by atoms with van der Waals surface area (Å²) in [7, 11) is 0. The smallest absolute Gasteiger partial charge is 0.255 e. The Bertz CT molecular complexity index is 470. The first-order chi connectivity index (χ1) is 9.60. The zero-order valence-electron chi connectivity index (χ0n) is 12.1. The summed E-state index contributed by atoms with van der Waals surface area (Å²) < 4.78 is 0.821. The summed E-state index contributed by atoms with van der Waals surface area (Å²) in [6.45, 7) is 5.02. The van der Waals surface area contributed by atoms with Crippen LogP contribution < -0.4 is 10.6 Å². The Kier molecular flexibility index (Phi) is 5.40. The Morgan fingerprint density at radius 2 is 2.10 bits per heavy atom. The standard InChI is InChI=1S/C15H22BrN3O/c1-3-17-14-13(8-11(16)9-18-14)15(20)19-12-6-4-10(2)5-7-12/h8-10,12H,3-7H2,1-2H3,(H,17,18)(H,19,20). The molecule has 0 saturated heterocycles. The van der Waals surface area contributed by atoms with Crippen molar-refractivity contribution in [2.45, 2.75) is 45.6 Å². The Hall–Kier alpha value is -1.10. The lowest BCUT2D eigenvalue weighted by atomic mass is 9.87. The molecule has 1 aromatic heterocycles. The molecule has 1 fully saturated rings. The molecule has 1 amide bonds. The molecule has 2 N–H and O–H groups in total. The van der Waals surface area contributed by atoms with Gasteiger partial charge in [-0.3, -0.25) is 4.79 Å². The highest BCUT2D eigenvalue weighted by molar-refractivity contribution is 9.10. The molecule has 0 aliphatic heterocycles. The van der Waals surface area contributed by atoms with Crippen molar-refractivity contribution in [3.63, 3.8) is 0 Å². The fourth-order valence-electron chi connectivity index (χ4n) is 2.59. The van der Waals surface area contributed by atoms with Gasteiger partial charge in [-0.25, -0.2) is 4.98 Å². The molecule has 1 heterocycles. The van der Waals surface area contributed by atoms with Crippen molar-refractivity contribution in [2.75, 3.05) is 11.9 Å². The van der Waals surface area contributed by atoms with Crippen LogP contribution in [-0.2, 0) is 0 Å². The van der Waals surface area contributed by atoms with Gasteiger partial charge >= 0.3 is 0 Å². The molecule has 0 atom stereocenters. The normalized spacial score (nSPS) is 22.4. The van der Waals surface area contributed by atoms with Gasteiger partial charge in [0.05, 0.1) is 5.56 Å². The molecule has 0 bridgehead atoms. The number of carbonyl (C=O) groups excluding carboxylic acids is 1. The van der Waals surface area contributed by atoms with E-state index in [1.807, 2.05) is 13.0 Å². The molecule has 1 saturated carbocycles. The average Bonchev–Trinajstić information content (AvgIpc) is 2.43. The molecular formula is C15H22BrN3O. The molecule has 1 aliphatic carbocycles. The first-order valence-corrected chi connectivity index (χ1v) is 8.09. The van der Waals surface area contributed by atoms with Crippen LogP contribution in [0.15, 0.2) is 16.7 Å². The summed E-state index contributed by atoms with van der Waals surface area (Å²) in [5.74, 6) is 1.40. The summed E-state index contributed by atoms with van der Waals surface area (Å²) >= 11 is 3.38. The molecule has 0 unspecified atom stereocenters. The largest absolute Gasteiger partial charge is 0.370 e. The van der Waals surface area contributed by atoms with Crippen molar-refractivity contribution >= 4 is 27.7 Å². The third-order valence-corrected chi connectivity index (χ3v) is 4.23. The Morgan fingerprint density at radius 3 is 2.75 bits per heavy atom. The summed E-state index contributed by atoms with van der Waals surface area (Å²) in [4.78, 5) is 16.7. The van der Waals surface area contributed by atoms with E-state index in [9.17, 15) is 4.79 Å². The minimum atomic E-state index is -0.0331. The minimum absolute atomic E-state index is 0.0331. The number of pyridine rings is 1. The van der Waals surface area contributed by atoms with Crippen molar-refractivity contribution in [3.05, 3.63) is 22.3 Å². The third kappa shape index (κ3) is 3.95. The molecule has 5 heteroatoms. The lowest BCUT2D eigenvalue weighted by molar-refractivity contribution is 0.0923. The highest BCUT2D eigenvalue weighted by Crippen LogP contribution is 2.24. The van der Waals surface area contributed by atoms with Crippen LogP contribution >= 0.6 is 15.9 Å². The van der Waals surface area contributed by atoms with Crippen molar-refractivity contribution in [1.29, 1.82) is 0 Å². The SMILES string of the molecule is CCNc1ncc(Br)cc1C(=O)NC1CCC(C)CC1. The van der Waals surface area contributed by atoms with E-state index < -0.39 is 0 Å². The van der Waals surface area contributed by atoms with Crippen LogP contribution in [0.2, 0.25) is 0 Å². The van der Waals surface area contributed by atoms with Crippen molar-refractivity contribution in [3.8, 4) is 0 Å². The highest BCUT2D eigenvalue weighted by Gasteiger charge is 2.21. The maximum absolute atomic E-state index is 12.4. The number of hydrogen-bond acceptors (Lipinski definition) is 3. The van der Waals surface area contributed by atoms with E-state index in [-0.39, 0.29) is 5.91 Å². The van der Waals surface area contributed by atoms with Gasteiger partial charge in [0.2, 0.25) is 0 Å². The van der Waals surface area contributed by atoms with Gasteiger partial charge in [0, 0.05) is 23.3 Å². The number of rotatable bonds is 4. The quantitative estimate of drug-likeness (QED) is 0.881. The summed E-state index contributed by atoms with van der Waals surface area (Å²) in [6.07, 6.45) is 6.25. The van der Waals surface area contributed by atoms with Gasteiger partial charge in [-0.1, -0.05) is 6.92 Å². The Labute approximate surface area is 128 Å². The van der Waals surface area contributed by atoms with Gasteiger partial charge in [-0.2, -0.15) is 0 Å². The summed E-state index contributed by atoms with van der Waals surface area (Å²) in [5, 5.41) is 6.28. The Balaban J connectivity index is 2.06. The second-order valence-corrected chi connectivity index (χ2v) is 6.43. The van der Waals surface area contributed by atoms with Gasteiger partial charge in [-0.15, -0.1) is 0 Å². The van der Waals surface area contributed by atoms with E-state index in [4.69, 9.17) is 0 Å². The second-order valence-electron chi connectivity index (χ2n) is 5.51. The van der Waals surface area contributed by atoms with Crippen LogP contribution in [0.3, 0.4) is 0 Å². The monoisotopic (exact) mass is 339 g/mol.